The van der Waals surface area contributed by atoms with E-state index in [1.54, 1.807) is 7.11 Å². The van der Waals surface area contributed by atoms with Crippen molar-refractivity contribution in [1.82, 2.24) is 10.6 Å². The third kappa shape index (κ3) is 5.18. The van der Waals surface area contributed by atoms with Gasteiger partial charge in [0.15, 0.2) is 0 Å². The van der Waals surface area contributed by atoms with Crippen LogP contribution in [-0.2, 0) is 4.79 Å². The van der Waals surface area contributed by atoms with Crippen LogP contribution in [0.1, 0.15) is 38.2 Å². The number of hydrogen-bond donors (Lipinski definition) is 2. The summed E-state index contributed by atoms with van der Waals surface area (Å²) in [6, 6.07) is 8.26. The first-order valence-electron chi connectivity index (χ1n) is 7.74. The van der Waals surface area contributed by atoms with Crippen LogP contribution < -0.4 is 15.4 Å². The molecule has 124 valence electrons. The van der Waals surface area contributed by atoms with Crippen LogP contribution in [0, 0.1) is 5.92 Å². The molecule has 4 nitrogen and oxygen atoms in total. The first-order chi connectivity index (χ1) is 10.1. The largest absolute Gasteiger partial charge is 0.497 e. The molecule has 3 unspecified atom stereocenters. The minimum atomic E-state index is 0. The molecule has 5 heteroatoms. The van der Waals surface area contributed by atoms with Crippen LogP contribution in [0.5, 0.6) is 5.75 Å². The van der Waals surface area contributed by atoms with Gasteiger partial charge in [-0.05, 0) is 49.0 Å². The SMILES string of the molecule is COc1ccc(C(C)CC(=O)NC2CCNCC2C)cc1.Cl. The smallest absolute Gasteiger partial charge is 0.220 e. The molecule has 0 bridgehead atoms. The molecule has 0 saturated carbocycles. The molecule has 0 radical (unpaired) electrons. The number of carbonyl (C=O) groups is 1. The standard InChI is InChI=1S/C17H26N2O2.ClH/c1-12(14-4-6-15(21-3)7-5-14)10-17(20)19-16-8-9-18-11-13(16)2;/h4-7,12-13,16,18H,8-11H2,1-3H3,(H,19,20);1H. The van der Waals surface area contributed by atoms with E-state index in [0.29, 0.717) is 18.4 Å². The van der Waals surface area contributed by atoms with Gasteiger partial charge >= 0.3 is 0 Å². The molecule has 1 saturated heterocycles. The highest BCUT2D eigenvalue weighted by Crippen LogP contribution is 2.22. The first-order valence-corrected chi connectivity index (χ1v) is 7.74. The van der Waals surface area contributed by atoms with Gasteiger partial charge in [0.2, 0.25) is 5.91 Å². The quantitative estimate of drug-likeness (QED) is 0.874. The molecule has 1 fully saturated rings. The summed E-state index contributed by atoms with van der Waals surface area (Å²) in [5, 5.41) is 6.54. The maximum Gasteiger partial charge on any atom is 0.220 e. The molecular weight excluding hydrogens is 300 g/mol. The lowest BCUT2D eigenvalue weighted by molar-refractivity contribution is -0.122. The van der Waals surface area contributed by atoms with Gasteiger partial charge in [0, 0.05) is 12.5 Å². The average molecular weight is 327 g/mol. The zero-order valence-electron chi connectivity index (χ0n) is 13.6. The van der Waals surface area contributed by atoms with Gasteiger partial charge < -0.3 is 15.4 Å². The fourth-order valence-electron chi connectivity index (χ4n) is 2.82. The van der Waals surface area contributed by atoms with E-state index in [0.717, 1.165) is 25.3 Å². The number of amides is 1. The molecule has 1 aromatic rings. The van der Waals surface area contributed by atoms with Crippen LogP contribution in [-0.4, -0.2) is 32.1 Å². The summed E-state index contributed by atoms with van der Waals surface area (Å²) < 4.78 is 5.16. The van der Waals surface area contributed by atoms with Crippen LogP contribution in [0.25, 0.3) is 0 Å². The van der Waals surface area contributed by atoms with E-state index in [2.05, 4.69) is 24.5 Å². The van der Waals surface area contributed by atoms with Gasteiger partial charge in [0.25, 0.3) is 0 Å². The number of ether oxygens (including phenoxy) is 1. The molecule has 1 aliphatic rings. The molecule has 2 rings (SSSR count). The van der Waals surface area contributed by atoms with E-state index < -0.39 is 0 Å². The van der Waals surface area contributed by atoms with Crippen LogP contribution in [0.15, 0.2) is 24.3 Å². The van der Waals surface area contributed by atoms with Crippen molar-refractivity contribution in [2.24, 2.45) is 5.92 Å². The second kappa shape index (κ2) is 9.01. The number of rotatable bonds is 5. The Morgan fingerprint density at radius 1 is 1.41 bits per heavy atom. The second-order valence-corrected chi connectivity index (χ2v) is 6.02. The van der Waals surface area contributed by atoms with E-state index in [4.69, 9.17) is 4.74 Å². The zero-order valence-corrected chi connectivity index (χ0v) is 14.4. The Kier molecular flexibility index (Phi) is 7.69. The van der Waals surface area contributed by atoms with Crippen molar-refractivity contribution in [3.8, 4) is 5.75 Å². The van der Waals surface area contributed by atoms with Crippen molar-refractivity contribution in [3.63, 3.8) is 0 Å². The average Bonchev–Trinajstić information content (AvgIpc) is 2.49. The minimum absolute atomic E-state index is 0. The lowest BCUT2D eigenvalue weighted by atomic mass is 9.93. The predicted molar refractivity (Wildman–Crippen MR) is 91.9 cm³/mol. The molecule has 1 aliphatic heterocycles. The van der Waals surface area contributed by atoms with Gasteiger partial charge in [-0.1, -0.05) is 26.0 Å². The molecule has 2 N–H and O–H groups in total. The van der Waals surface area contributed by atoms with Crippen molar-refractivity contribution >= 4 is 18.3 Å². The lowest BCUT2D eigenvalue weighted by Crippen LogP contribution is -2.48. The van der Waals surface area contributed by atoms with E-state index in [-0.39, 0.29) is 24.2 Å². The van der Waals surface area contributed by atoms with Crippen LogP contribution in [0.2, 0.25) is 0 Å². The second-order valence-electron chi connectivity index (χ2n) is 6.02. The van der Waals surface area contributed by atoms with Gasteiger partial charge in [0.05, 0.1) is 7.11 Å². The Balaban J connectivity index is 0.00000242. The van der Waals surface area contributed by atoms with Crippen LogP contribution in [0.4, 0.5) is 0 Å². The highest BCUT2D eigenvalue weighted by atomic mass is 35.5. The van der Waals surface area contributed by atoms with Gasteiger partial charge in [-0.25, -0.2) is 0 Å². The third-order valence-electron chi connectivity index (χ3n) is 4.31. The maximum atomic E-state index is 12.2. The van der Waals surface area contributed by atoms with Crippen LogP contribution in [0.3, 0.4) is 0 Å². The van der Waals surface area contributed by atoms with Crippen molar-refractivity contribution < 1.29 is 9.53 Å². The van der Waals surface area contributed by atoms with Gasteiger partial charge in [-0.2, -0.15) is 0 Å². The van der Waals surface area contributed by atoms with Crippen molar-refractivity contribution in [1.29, 1.82) is 0 Å². The third-order valence-corrected chi connectivity index (χ3v) is 4.31. The Morgan fingerprint density at radius 3 is 2.68 bits per heavy atom. The van der Waals surface area contributed by atoms with Crippen molar-refractivity contribution in [2.45, 2.75) is 38.6 Å². The summed E-state index contributed by atoms with van der Waals surface area (Å²) >= 11 is 0. The Bertz CT molecular complexity index is 464. The Morgan fingerprint density at radius 2 is 2.09 bits per heavy atom. The number of methoxy groups -OCH3 is 1. The van der Waals surface area contributed by atoms with Crippen molar-refractivity contribution in [2.75, 3.05) is 20.2 Å². The Hall–Kier alpha value is -1.26. The fraction of sp³-hybridized carbons (Fsp3) is 0.588. The molecule has 1 amide bonds. The molecule has 0 spiro atoms. The molecule has 22 heavy (non-hydrogen) atoms. The van der Waals surface area contributed by atoms with Gasteiger partial charge in [0.1, 0.15) is 5.75 Å². The number of halogens is 1. The summed E-state index contributed by atoms with van der Waals surface area (Å²) in [6.07, 6.45) is 1.55. The normalized spacial score (nSPS) is 22.3. The lowest BCUT2D eigenvalue weighted by Gasteiger charge is -2.30. The monoisotopic (exact) mass is 326 g/mol. The number of benzene rings is 1. The molecule has 3 atom stereocenters. The predicted octanol–water partition coefficient (Wildman–Crippen LogP) is 2.72. The Labute approximate surface area is 139 Å². The number of piperidine rings is 1. The molecule has 0 aromatic heterocycles. The number of hydrogen-bond acceptors (Lipinski definition) is 3. The highest BCUT2D eigenvalue weighted by Gasteiger charge is 2.23. The summed E-state index contributed by atoms with van der Waals surface area (Å²) in [5.41, 5.74) is 1.17. The highest BCUT2D eigenvalue weighted by molar-refractivity contribution is 5.85. The molecule has 0 aliphatic carbocycles. The van der Waals surface area contributed by atoms with E-state index in [9.17, 15) is 4.79 Å². The van der Waals surface area contributed by atoms with E-state index >= 15 is 0 Å². The molecule has 1 heterocycles. The topological polar surface area (TPSA) is 50.4 Å². The fourth-order valence-corrected chi connectivity index (χ4v) is 2.82. The van der Waals surface area contributed by atoms with Crippen LogP contribution >= 0.6 is 12.4 Å². The summed E-state index contributed by atoms with van der Waals surface area (Å²) in [6.45, 7) is 6.25. The van der Waals surface area contributed by atoms with Crippen molar-refractivity contribution in [3.05, 3.63) is 29.8 Å². The maximum absolute atomic E-state index is 12.2. The van der Waals surface area contributed by atoms with Gasteiger partial charge in [-0.3, -0.25) is 4.79 Å². The molecular formula is C17H27ClN2O2. The van der Waals surface area contributed by atoms with E-state index in [1.807, 2.05) is 24.3 Å². The number of carbonyl (C=O) groups excluding carboxylic acids is 1. The summed E-state index contributed by atoms with van der Waals surface area (Å²) in [4.78, 5) is 12.2. The molecule has 1 aromatic carbocycles. The zero-order chi connectivity index (χ0) is 15.2. The van der Waals surface area contributed by atoms with Gasteiger partial charge in [-0.15, -0.1) is 12.4 Å². The summed E-state index contributed by atoms with van der Waals surface area (Å²) in [5.74, 6) is 1.71. The summed E-state index contributed by atoms with van der Waals surface area (Å²) in [7, 11) is 1.66. The first kappa shape index (κ1) is 18.8. The van der Waals surface area contributed by atoms with E-state index in [1.165, 1.54) is 5.56 Å². The number of nitrogens with one attached hydrogen (secondary N) is 2. The minimum Gasteiger partial charge on any atom is -0.497 e.